The van der Waals surface area contributed by atoms with E-state index in [0.29, 0.717) is 0 Å². The highest BCUT2D eigenvalue weighted by molar-refractivity contribution is 8.00. The lowest BCUT2D eigenvalue weighted by atomic mass is 9.84. The highest BCUT2D eigenvalue weighted by Gasteiger charge is 2.36. The topological polar surface area (TPSA) is 69.8 Å². The monoisotopic (exact) mass is 318 g/mol. The molecular weight excluding hydrogens is 296 g/mol. The molecule has 1 aliphatic carbocycles. The summed E-state index contributed by atoms with van der Waals surface area (Å²) in [6, 6.07) is 7.58. The van der Waals surface area contributed by atoms with Crippen LogP contribution >= 0.6 is 11.8 Å². The van der Waals surface area contributed by atoms with E-state index < -0.39 is 0 Å². The molecule has 1 heterocycles. The number of rotatable bonds is 5. The summed E-state index contributed by atoms with van der Waals surface area (Å²) >= 11 is 1.86. The minimum absolute atomic E-state index is 0.131. The van der Waals surface area contributed by atoms with Gasteiger partial charge in [0, 0.05) is 11.3 Å². The van der Waals surface area contributed by atoms with Gasteiger partial charge in [-0.25, -0.2) is 9.78 Å². The molecule has 3 N–H and O–H groups in total. The van der Waals surface area contributed by atoms with Crippen molar-refractivity contribution in [3.05, 3.63) is 30.1 Å². The maximum atomic E-state index is 12.1. The van der Waals surface area contributed by atoms with Gasteiger partial charge >= 0.3 is 6.03 Å². The fourth-order valence-electron chi connectivity index (χ4n) is 2.76. The molecule has 0 spiro atoms. The van der Waals surface area contributed by atoms with Crippen LogP contribution in [0.4, 0.5) is 4.79 Å². The fraction of sp³-hybridized carbons (Fsp3) is 0.500. The number of carbonyl (C=O) groups excluding carboxylic acids is 1. The maximum absolute atomic E-state index is 12.1. The summed E-state index contributed by atoms with van der Waals surface area (Å²) in [4.78, 5) is 19.8. The molecule has 0 saturated heterocycles. The number of aromatic nitrogens is 2. The Balaban J connectivity index is 1.56. The summed E-state index contributed by atoms with van der Waals surface area (Å²) in [6.07, 6.45) is 5.76. The predicted molar refractivity (Wildman–Crippen MR) is 91.1 cm³/mol. The van der Waals surface area contributed by atoms with Gasteiger partial charge in [0.15, 0.2) is 0 Å². The summed E-state index contributed by atoms with van der Waals surface area (Å²) < 4.78 is 0.250. The first-order valence-electron chi connectivity index (χ1n) is 7.66. The number of aromatic amines is 1. The zero-order valence-electron chi connectivity index (χ0n) is 13.0. The van der Waals surface area contributed by atoms with Gasteiger partial charge in [0.2, 0.25) is 0 Å². The van der Waals surface area contributed by atoms with Crippen LogP contribution in [0.15, 0.2) is 24.3 Å². The summed E-state index contributed by atoms with van der Waals surface area (Å²) in [5, 5.41) is 5.95. The van der Waals surface area contributed by atoms with Crippen LogP contribution in [0.1, 0.15) is 38.1 Å². The van der Waals surface area contributed by atoms with E-state index in [1.807, 2.05) is 43.0 Å². The number of amides is 2. The largest absolute Gasteiger partial charge is 0.340 e. The van der Waals surface area contributed by atoms with Crippen molar-refractivity contribution in [3.63, 3.8) is 0 Å². The lowest BCUT2D eigenvalue weighted by Crippen LogP contribution is -2.48. The second-order valence-corrected chi connectivity index (χ2v) is 7.20. The quantitative estimate of drug-likeness (QED) is 0.793. The summed E-state index contributed by atoms with van der Waals surface area (Å²) in [5.74, 6) is 0.777. The van der Waals surface area contributed by atoms with Gasteiger partial charge in [0.25, 0.3) is 0 Å². The van der Waals surface area contributed by atoms with Crippen molar-refractivity contribution in [1.82, 2.24) is 20.6 Å². The highest BCUT2D eigenvalue weighted by Crippen LogP contribution is 2.42. The number of benzene rings is 1. The molecule has 118 valence electrons. The van der Waals surface area contributed by atoms with E-state index in [-0.39, 0.29) is 16.8 Å². The van der Waals surface area contributed by atoms with E-state index in [1.54, 1.807) is 0 Å². The van der Waals surface area contributed by atoms with Crippen LogP contribution in [0.2, 0.25) is 0 Å². The van der Waals surface area contributed by atoms with Crippen molar-refractivity contribution >= 4 is 28.8 Å². The Labute approximate surface area is 134 Å². The van der Waals surface area contributed by atoms with Crippen molar-refractivity contribution in [2.75, 3.05) is 12.8 Å². The first kappa shape index (κ1) is 15.2. The van der Waals surface area contributed by atoms with Crippen molar-refractivity contribution in [1.29, 1.82) is 0 Å². The zero-order chi connectivity index (χ0) is 15.6. The minimum Gasteiger partial charge on any atom is -0.340 e. The highest BCUT2D eigenvalue weighted by atomic mass is 32.2. The van der Waals surface area contributed by atoms with Crippen molar-refractivity contribution in [3.8, 4) is 0 Å². The smallest absolute Gasteiger partial charge is 0.315 e. The Morgan fingerprint density at radius 2 is 2.23 bits per heavy atom. The van der Waals surface area contributed by atoms with E-state index in [9.17, 15) is 4.79 Å². The number of imidazole rings is 1. The number of H-pyrrole nitrogens is 1. The summed E-state index contributed by atoms with van der Waals surface area (Å²) in [6.45, 7) is 2.66. The Kier molecular flexibility index (Phi) is 4.29. The molecule has 0 radical (unpaired) electrons. The van der Waals surface area contributed by atoms with Gasteiger partial charge < -0.3 is 15.6 Å². The first-order valence-corrected chi connectivity index (χ1v) is 8.88. The maximum Gasteiger partial charge on any atom is 0.315 e. The van der Waals surface area contributed by atoms with E-state index in [0.717, 1.165) is 23.4 Å². The minimum atomic E-state index is -0.154. The number of fused-ring (bicyclic) bond motifs is 1. The molecule has 2 aromatic rings. The number of para-hydroxylation sites is 2. The number of nitrogens with one attached hydrogen (secondary N) is 3. The Bertz CT molecular complexity index is 626. The van der Waals surface area contributed by atoms with Crippen LogP contribution in [-0.4, -0.2) is 33.5 Å². The molecular formula is C16H22N4OS. The molecule has 22 heavy (non-hydrogen) atoms. The molecule has 1 aliphatic rings. The van der Waals surface area contributed by atoms with Gasteiger partial charge in [-0.2, -0.15) is 11.8 Å². The van der Waals surface area contributed by atoms with Gasteiger partial charge in [0.1, 0.15) is 5.82 Å². The molecule has 2 amide bonds. The van der Waals surface area contributed by atoms with Gasteiger partial charge in [0.05, 0.1) is 17.1 Å². The molecule has 0 aliphatic heterocycles. The standard InChI is InChI=1S/C16H22N4OS/c1-11(14-19-12-6-3-4-7-13(12)20-14)18-15(21)17-10-16(22-2)8-5-9-16/h3-4,6-7,11H,5,8-10H2,1-2H3,(H,19,20)(H2,17,18,21). The third-order valence-electron chi connectivity index (χ3n) is 4.43. The Morgan fingerprint density at radius 1 is 1.45 bits per heavy atom. The normalized spacial score (nSPS) is 17.7. The van der Waals surface area contributed by atoms with E-state index in [4.69, 9.17) is 0 Å². The molecule has 1 atom stereocenters. The van der Waals surface area contributed by atoms with Crippen LogP contribution in [0.5, 0.6) is 0 Å². The Hall–Kier alpha value is -1.69. The molecule has 1 aromatic carbocycles. The van der Waals surface area contributed by atoms with Gasteiger partial charge in [-0.3, -0.25) is 0 Å². The molecule has 1 fully saturated rings. The third-order valence-corrected chi connectivity index (χ3v) is 5.85. The molecule has 1 saturated carbocycles. The van der Waals surface area contributed by atoms with Crippen LogP contribution in [0, 0.1) is 0 Å². The van der Waals surface area contributed by atoms with E-state index >= 15 is 0 Å². The van der Waals surface area contributed by atoms with Crippen LogP contribution in [0.25, 0.3) is 11.0 Å². The SMILES string of the molecule is CSC1(CNC(=O)NC(C)c2nc3ccccc3[nH]2)CCC1. The second kappa shape index (κ2) is 6.20. The summed E-state index contributed by atoms with van der Waals surface area (Å²) in [7, 11) is 0. The average Bonchev–Trinajstić information content (AvgIpc) is 2.90. The summed E-state index contributed by atoms with van der Waals surface area (Å²) in [5.41, 5.74) is 1.91. The lowest BCUT2D eigenvalue weighted by Gasteiger charge is -2.40. The van der Waals surface area contributed by atoms with Crippen LogP contribution < -0.4 is 10.6 Å². The number of carbonyl (C=O) groups is 1. The molecule has 0 bridgehead atoms. The molecule has 1 aromatic heterocycles. The molecule has 3 rings (SSSR count). The van der Waals surface area contributed by atoms with Crippen LogP contribution in [0.3, 0.4) is 0 Å². The molecule has 5 nitrogen and oxygen atoms in total. The van der Waals surface area contributed by atoms with Crippen LogP contribution in [-0.2, 0) is 0 Å². The van der Waals surface area contributed by atoms with Gasteiger partial charge in [-0.15, -0.1) is 0 Å². The zero-order valence-corrected chi connectivity index (χ0v) is 13.8. The number of hydrogen-bond donors (Lipinski definition) is 3. The number of nitrogens with zero attached hydrogens (tertiary/aromatic N) is 1. The molecule has 1 unspecified atom stereocenters. The average molecular weight is 318 g/mol. The lowest BCUT2D eigenvalue weighted by molar-refractivity contribution is 0.233. The van der Waals surface area contributed by atoms with Gasteiger partial charge in [-0.05, 0) is 38.2 Å². The molecule has 6 heteroatoms. The number of hydrogen-bond acceptors (Lipinski definition) is 3. The Morgan fingerprint density at radius 3 is 2.86 bits per heavy atom. The van der Waals surface area contributed by atoms with E-state index in [1.165, 1.54) is 19.3 Å². The van der Waals surface area contributed by atoms with Crippen molar-refractivity contribution in [2.45, 2.75) is 37.0 Å². The fourth-order valence-corrected chi connectivity index (χ4v) is 3.67. The van der Waals surface area contributed by atoms with E-state index in [2.05, 4.69) is 26.9 Å². The number of thioether (sulfide) groups is 1. The predicted octanol–water partition coefficient (Wildman–Crippen LogP) is 3.21. The second-order valence-electron chi connectivity index (χ2n) is 5.93. The van der Waals surface area contributed by atoms with Crippen molar-refractivity contribution in [2.24, 2.45) is 0 Å². The first-order chi connectivity index (χ1) is 10.6. The third kappa shape index (κ3) is 3.06. The number of urea groups is 1. The van der Waals surface area contributed by atoms with Gasteiger partial charge in [-0.1, -0.05) is 18.6 Å². The van der Waals surface area contributed by atoms with Crippen molar-refractivity contribution < 1.29 is 4.79 Å².